The monoisotopic (exact) mass is 340 g/mol. The van der Waals surface area contributed by atoms with Crippen LogP contribution >= 0.6 is 0 Å². The summed E-state index contributed by atoms with van der Waals surface area (Å²) < 4.78 is 0. The van der Waals surface area contributed by atoms with Gasteiger partial charge in [0.2, 0.25) is 5.91 Å². The third-order valence-electron chi connectivity index (χ3n) is 5.86. The lowest BCUT2D eigenvalue weighted by Gasteiger charge is -2.34. The highest BCUT2D eigenvalue weighted by Gasteiger charge is 2.26. The molecule has 1 saturated heterocycles. The lowest BCUT2D eigenvalue weighted by atomic mass is 9.93. The number of allylic oxidation sites excluding steroid dienone is 2. The highest BCUT2D eigenvalue weighted by molar-refractivity contribution is 5.79. The van der Waals surface area contributed by atoms with Crippen molar-refractivity contribution < 1.29 is 4.79 Å². The molecule has 1 amide bonds. The fourth-order valence-electron chi connectivity index (χ4n) is 4.24. The summed E-state index contributed by atoms with van der Waals surface area (Å²) in [6, 6.07) is 2.55. The Hall–Kier alpha value is -1.91. The van der Waals surface area contributed by atoms with Crippen molar-refractivity contribution in [1.82, 2.24) is 15.5 Å². The number of nitrogens with one attached hydrogen (secondary N) is 1. The van der Waals surface area contributed by atoms with E-state index >= 15 is 0 Å². The van der Waals surface area contributed by atoms with E-state index in [1.165, 1.54) is 24.1 Å². The minimum Gasteiger partial charge on any atom is -0.355 e. The number of rotatable bonds is 3. The number of amides is 1. The van der Waals surface area contributed by atoms with Crippen LogP contribution in [0.3, 0.4) is 0 Å². The molecule has 3 aliphatic rings. The smallest absolute Gasteiger partial charge is 0.223 e. The summed E-state index contributed by atoms with van der Waals surface area (Å²) in [5, 5.41) is 12.2. The molecular weight excluding hydrogens is 312 g/mol. The summed E-state index contributed by atoms with van der Waals surface area (Å²) in [7, 11) is 0. The number of nitrogens with zero attached hydrogens (tertiary/aromatic N) is 3. The van der Waals surface area contributed by atoms with E-state index in [9.17, 15) is 4.79 Å². The SMILES string of the molecule is O=C(NC1CCN(c2cc3c(nn2)CCCC3)CC1)[C@@H]1CC=CCC1. The molecule has 1 fully saturated rings. The molecule has 1 atom stereocenters. The van der Waals surface area contributed by atoms with E-state index in [2.05, 4.69) is 38.6 Å². The average molecular weight is 340 g/mol. The molecule has 2 aliphatic carbocycles. The first-order valence-electron chi connectivity index (χ1n) is 9.85. The molecule has 0 unspecified atom stereocenters. The fraction of sp³-hybridized carbons (Fsp3) is 0.650. The van der Waals surface area contributed by atoms with Crippen molar-refractivity contribution in [2.45, 2.75) is 63.8 Å². The average Bonchev–Trinajstić information content (AvgIpc) is 2.69. The van der Waals surface area contributed by atoms with Crippen LogP contribution in [-0.4, -0.2) is 35.2 Å². The van der Waals surface area contributed by atoms with E-state index in [1.54, 1.807) is 0 Å². The Kier molecular flexibility index (Phi) is 4.99. The van der Waals surface area contributed by atoms with Crippen molar-refractivity contribution in [1.29, 1.82) is 0 Å². The molecule has 2 heterocycles. The van der Waals surface area contributed by atoms with Crippen molar-refractivity contribution in [2.24, 2.45) is 5.92 Å². The quantitative estimate of drug-likeness (QED) is 0.860. The number of anilines is 1. The van der Waals surface area contributed by atoms with Crippen LogP contribution in [0.2, 0.25) is 0 Å². The van der Waals surface area contributed by atoms with Gasteiger partial charge in [0.05, 0.1) is 5.69 Å². The highest BCUT2D eigenvalue weighted by Crippen LogP contribution is 2.25. The van der Waals surface area contributed by atoms with Crippen molar-refractivity contribution >= 4 is 11.7 Å². The second kappa shape index (κ2) is 7.54. The molecule has 0 bridgehead atoms. The third-order valence-corrected chi connectivity index (χ3v) is 5.86. The van der Waals surface area contributed by atoms with Crippen LogP contribution in [0.15, 0.2) is 18.2 Å². The summed E-state index contributed by atoms with van der Waals surface area (Å²) in [5.41, 5.74) is 2.58. The number of piperidine rings is 1. The van der Waals surface area contributed by atoms with Crippen LogP contribution in [0.1, 0.15) is 56.2 Å². The van der Waals surface area contributed by atoms with Crippen molar-refractivity contribution in [3.05, 3.63) is 29.5 Å². The van der Waals surface area contributed by atoms with Crippen LogP contribution in [-0.2, 0) is 17.6 Å². The molecule has 5 heteroatoms. The lowest BCUT2D eigenvalue weighted by molar-refractivity contribution is -0.126. The standard InChI is InChI=1S/C20H28N4O/c25-20(15-6-2-1-3-7-15)21-17-10-12-24(13-11-17)19-14-16-8-4-5-9-18(16)22-23-19/h1-2,14-15,17H,3-13H2,(H,21,25)/t15-/m1/s1. The maximum atomic E-state index is 12.4. The van der Waals surface area contributed by atoms with Crippen molar-refractivity contribution in [2.75, 3.05) is 18.0 Å². The van der Waals surface area contributed by atoms with Gasteiger partial charge in [0.15, 0.2) is 5.82 Å². The third kappa shape index (κ3) is 3.86. The summed E-state index contributed by atoms with van der Waals surface area (Å²) in [6.07, 6.45) is 14.0. The number of carbonyl (C=O) groups is 1. The Balaban J connectivity index is 1.31. The molecule has 5 nitrogen and oxygen atoms in total. The first kappa shape index (κ1) is 16.6. The molecule has 0 saturated carbocycles. The number of fused-ring (bicyclic) bond motifs is 1. The Morgan fingerprint density at radius 3 is 2.72 bits per heavy atom. The summed E-state index contributed by atoms with van der Waals surface area (Å²) >= 11 is 0. The van der Waals surface area contributed by atoms with E-state index in [-0.39, 0.29) is 11.8 Å². The molecule has 0 radical (unpaired) electrons. The molecule has 25 heavy (non-hydrogen) atoms. The molecule has 0 spiro atoms. The Labute approximate surface area is 149 Å². The molecule has 1 aromatic rings. The number of hydrogen-bond donors (Lipinski definition) is 1. The maximum Gasteiger partial charge on any atom is 0.223 e. The Bertz CT molecular complexity index is 649. The van der Waals surface area contributed by atoms with Gasteiger partial charge in [-0.3, -0.25) is 4.79 Å². The molecule has 1 aliphatic heterocycles. The summed E-state index contributed by atoms with van der Waals surface area (Å²) in [4.78, 5) is 14.7. The van der Waals surface area contributed by atoms with E-state index < -0.39 is 0 Å². The zero-order valence-electron chi connectivity index (χ0n) is 14.9. The maximum absolute atomic E-state index is 12.4. The van der Waals surface area contributed by atoms with Gasteiger partial charge in [-0.05, 0) is 69.4 Å². The zero-order valence-corrected chi connectivity index (χ0v) is 14.9. The Morgan fingerprint density at radius 2 is 1.92 bits per heavy atom. The molecule has 0 aromatic carbocycles. The van der Waals surface area contributed by atoms with E-state index in [1.807, 2.05) is 0 Å². The van der Waals surface area contributed by atoms with Gasteiger partial charge in [-0.2, -0.15) is 5.10 Å². The van der Waals surface area contributed by atoms with Gasteiger partial charge in [-0.25, -0.2) is 0 Å². The van der Waals surface area contributed by atoms with Crippen LogP contribution in [0.4, 0.5) is 5.82 Å². The number of aromatic nitrogens is 2. The molecule has 1 N–H and O–H groups in total. The second-order valence-corrected chi connectivity index (χ2v) is 7.63. The molecule has 4 rings (SSSR count). The van der Waals surface area contributed by atoms with Crippen LogP contribution in [0.25, 0.3) is 0 Å². The predicted octanol–water partition coefficient (Wildman–Crippen LogP) is 2.80. The second-order valence-electron chi connectivity index (χ2n) is 7.63. The molecular formula is C20H28N4O. The summed E-state index contributed by atoms with van der Waals surface area (Å²) in [6.45, 7) is 1.89. The summed E-state index contributed by atoms with van der Waals surface area (Å²) in [5.74, 6) is 1.44. The van der Waals surface area contributed by atoms with Gasteiger partial charge < -0.3 is 10.2 Å². The normalized spacial score (nSPS) is 24.0. The number of carbonyl (C=O) groups excluding carboxylic acids is 1. The van der Waals surface area contributed by atoms with Crippen LogP contribution in [0, 0.1) is 5.92 Å². The van der Waals surface area contributed by atoms with Gasteiger partial charge in [-0.15, -0.1) is 5.10 Å². The first-order chi connectivity index (χ1) is 12.3. The number of hydrogen-bond acceptors (Lipinski definition) is 4. The van der Waals surface area contributed by atoms with Gasteiger partial charge in [-0.1, -0.05) is 12.2 Å². The zero-order chi connectivity index (χ0) is 17.1. The molecule has 1 aromatic heterocycles. The lowest BCUT2D eigenvalue weighted by Crippen LogP contribution is -2.46. The topological polar surface area (TPSA) is 58.1 Å². The number of aryl methyl sites for hydroxylation is 2. The van der Waals surface area contributed by atoms with E-state index in [4.69, 9.17) is 0 Å². The fourth-order valence-corrected chi connectivity index (χ4v) is 4.24. The molecule has 134 valence electrons. The van der Waals surface area contributed by atoms with Crippen molar-refractivity contribution in [3.63, 3.8) is 0 Å². The first-order valence-corrected chi connectivity index (χ1v) is 9.85. The van der Waals surface area contributed by atoms with Gasteiger partial charge >= 0.3 is 0 Å². The van der Waals surface area contributed by atoms with Crippen molar-refractivity contribution in [3.8, 4) is 0 Å². The van der Waals surface area contributed by atoms with E-state index in [0.29, 0.717) is 6.04 Å². The Morgan fingerprint density at radius 1 is 1.08 bits per heavy atom. The minimum atomic E-state index is 0.176. The predicted molar refractivity (Wildman–Crippen MR) is 98.5 cm³/mol. The van der Waals surface area contributed by atoms with Gasteiger partial charge in [0.1, 0.15) is 0 Å². The van der Waals surface area contributed by atoms with Gasteiger partial charge in [0, 0.05) is 25.0 Å². The largest absolute Gasteiger partial charge is 0.355 e. The highest BCUT2D eigenvalue weighted by atomic mass is 16.1. The van der Waals surface area contributed by atoms with Crippen LogP contribution in [0.5, 0.6) is 0 Å². The minimum absolute atomic E-state index is 0.176. The van der Waals surface area contributed by atoms with E-state index in [0.717, 1.165) is 63.9 Å². The van der Waals surface area contributed by atoms with Crippen LogP contribution < -0.4 is 10.2 Å². The van der Waals surface area contributed by atoms with Gasteiger partial charge in [0.25, 0.3) is 0 Å².